The van der Waals surface area contributed by atoms with E-state index in [2.05, 4.69) is 0 Å². The smallest absolute Gasteiger partial charge is 0.308 e. The zero-order valence-electron chi connectivity index (χ0n) is 12.7. The number of benzene rings is 2. The monoisotopic (exact) mass is 310 g/mol. The fourth-order valence-corrected chi connectivity index (χ4v) is 2.26. The van der Waals surface area contributed by atoms with Crippen LogP contribution < -0.4 is 14.9 Å². The zero-order valence-corrected chi connectivity index (χ0v) is 12.7. The Bertz CT molecular complexity index is 922. The van der Waals surface area contributed by atoms with Crippen molar-refractivity contribution >= 4 is 16.9 Å². The molecule has 0 aliphatic rings. The van der Waals surface area contributed by atoms with E-state index in [9.17, 15) is 9.59 Å². The maximum Gasteiger partial charge on any atom is 0.308 e. The summed E-state index contributed by atoms with van der Waals surface area (Å²) in [6, 6.07) is 13.3. The second-order valence-electron chi connectivity index (χ2n) is 4.96. The fraction of sp³-hybridized carbons (Fsp3) is 0.111. The molecule has 23 heavy (non-hydrogen) atoms. The van der Waals surface area contributed by atoms with E-state index in [1.54, 1.807) is 43.5 Å². The Morgan fingerprint density at radius 2 is 1.70 bits per heavy atom. The SMILES string of the molecule is COc1ccc(-c2cc(=O)c3ccc(OC(C)=O)cc3o2)cc1. The normalized spacial score (nSPS) is 10.5. The molecule has 0 aliphatic heterocycles. The molecule has 2 aromatic carbocycles. The van der Waals surface area contributed by atoms with E-state index < -0.39 is 5.97 Å². The predicted molar refractivity (Wildman–Crippen MR) is 85.8 cm³/mol. The van der Waals surface area contributed by atoms with Crippen molar-refractivity contribution in [1.29, 1.82) is 0 Å². The van der Waals surface area contributed by atoms with E-state index in [0.29, 0.717) is 28.2 Å². The predicted octanol–water partition coefficient (Wildman–Crippen LogP) is 3.39. The van der Waals surface area contributed by atoms with Crippen LogP contribution in [0.1, 0.15) is 6.92 Å². The van der Waals surface area contributed by atoms with Gasteiger partial charge in [0.1, 0.15) is 22.8 Å². The van der Waals surface area contributed by atoms with Crippen molar-refractivity contribution in [3.8, 4) is 22.8 Å². The van der Waals surface area contributed by atoms with Crippen molar-refractivity contribution in [1.82, 2.24) is 0 Å². The Balaban J connectivity index is 2.10. The number of carbonyl (C=O) groups is 1. The van der Waals surface area contributed by atoms with Crippen LogP contribution in [0, 0.1) is 0 Å². The first-order valence-electron chi connectivity index (χ1n) is 6.97. The van der Waals surface area contributed by atoms with Gasteiger partial charge in [0.15, 0.2) is 5.43 Å². The molecule has 0 aliphatic carbocycles. The maximum absolute atomic E-state index is 12.2. The number of ether oxygens (including phenoxy) is 2. The van der Waals surface area contributed by atoms with E-state index in [0.717, 1.165) is 5.56 Å². The first kappa shape index (κ1) is 14.8. The second kappa shape index (κ2) is 5.96. The highest BCUT2D eigenvalue weighted by molar-refractivity contribution is 5.81. The summed E-state index contributed by atoms with van der Waals surface area (Å²) in [5, 5.41) is 0.429. The number of rotatable bonds is 3. The van der Waals surface area contributed by atoms with Crippen LogP contribution in [-0.4, -0.2) is 13.1 Å². The lowest BCUT2D eigenvalue weighted by atomic mass is 10.1. The Hall–Kier alpha value is -3.08. The van der Waals surface area contributed by atoms with E-state index in [1.807, 2.05) is 0 Å². The summed E-state index contributed by atoms with van der Waals surface area (Å²) in [5.74, 6) is 1.05. The molecule has 0 saturated carbocycles. The molecule has 0 amide bonds. The number of hydrogen-bond donors (Lipinski definition) is 0. The Labute approximate surface area is 132 Å². The molecular formula is C18H14O5. The highest BCUT2D eigenvalue weighted by Crippen LogP contribution is 2.26. The molecule has 0 bridgehead atoms. The molecule has 5 heteroatoms. The van der Waals surface area contributed by atoms with Crippen LogP contribution in [0.5, 0.6) is 11.5 Å². The van der Waals surface area contributed by atoms with Crippen molar-refractivity contribution in [3.63, 3.8) is 0 Å². The van der Waals surface area contributed by atoms with E-state index in [1.165, 1.54) is 19.1 Å². The first-order valence-corrected chi connectivity index (χ1v) is 6.97. The van der Waals surface area contributed by atoms with E-state index in [-0.39, 0.29) is 5.43 Å². The number of fused-ring (bicyclic) bond motifs is 1. The molecule has 0 unspecified atom stereocenters. The highest BCUT2D eigenvalue weighted by Gasteiger charge is 2.09. The Morgan fingerprint density at radius 1 is 1.00 bits per heavy atom. The summed E-state index contributed by atoms with van der Waals surface area (Å²) in [6.45, 7) is 1.31. The van der Waals surface area contributed by atoms with Crippen molar-refractivity contribution in [2.24, 2.45) is 0 Å². The third-order valence-electron chi connectivity index (χ3n) is 3.34. The second-order valence-corrected chi connectivity index (χ2v) is 4.96. The number of hydrogen-bond acceptors (Lipinski definition) is 5. The zero-order chi connectivity index (χ0) is 16.4. The van der Waals surface area contributed by atoms with Gasteiger partial charge in [-0.2, -0.15) is 0 Å². The lowest BCUT2D eigenvalue weighted by Gasteiger charge is -2.06. The Morgan fingerprint density at radius 3 is 2.35 bits per heavy atom. The van der Waals surface area contributed by atoms with Gasteiger partial charge >= 0.3 is 5.97 Å². The van der Waals surface area contributed by atoms with Crippen molar-refractivity contribution in [2.75, 3.05) is 7.11 Å². The number of carbonyl (C=O) groups excluding carboxylic acids is 1. The van der Waals surface area contributed by atoms with Crippen LogP contribution in [0.2, 0.25) is 0 Å². The summed E-state index contributed by atoms with van der Waals surface area (Å²) in [4.78, 5) is 23.3. The molecule has 0 atom stereocenters. The van der Waals surface area contributed by atoms with Crippen LogP contribution in [0.3, 0.4) is 0 Å². The maximum atomic E-state index is 12.2. The van der Waals surface area contributed by atoms with Gasteiger partial charge in [0.05, 0.1) is 12.5 Å². The molecule has 0 spiro atoms. The summed E-state index contributed by atoms with van der Waals surface area (Å²) in [5.41, 5.74) is 0.955. The van der Waals surface area contributed by atoms with Crippen LogP contribution in [0.25, 0.3) is 22.3 Å². The van der Waals surface area contributed by atoms with Gasteiger partial charge in [-0.15, -0.1) is 0 Å². The van der Waals surface area contributed by atoms with Crippen molar-refractivity contribution in [2.45, 2.75) is 6.92 Å². The number of esters is 1. The molecular weight excluding hydrogens is 296 g/mol. The first-order chi connectivity index (χ1) is 11.1. The van der Waals surface area contributed by atoms with Gasteiger partial charge in [-0.1, -0.05) is 0 Å². The minimum atomic E-state index is -0.432. The molecule has 1 heterocycles. The quantitative estimate of drug-likeness (QED) is 0.548. The lowest BCUT2D eigenvalue weighted by molar-refractivity contribution is -0.131. The third-order valence-corrected chi connectivity index (χ3v) is 3.34. The molecule has 3 rings (SSSR count). The summed E-state index contributed by atoms with van der Waals surface area (Å²) in [7, 11) is 1.59. The van der Waals surface area contributed by atoms with E-state index >= 15 is 0 Å². The fourth-order valence-electron chi connectivity index (χ4n) is 2.26. The van der Waals surface area contributed by atoms with Gasteiger partial charge < -0.3 is 13.9 Å². The largest absolute Gasteiger partial charge is 0.497 e. The average Bonchev–Trinajstić information content (AvgIpc) is 2.54. The van der Waals surface area contributed by atoms with Crippen LogP contribution in [0.4, 0.5) is 0 Å². The standard InChI is InChI=1S/C18H14O5/c1-11(19)22-14-7-8-15-16(20)10-17(23-18(15)9-14)12-3-5-13(21-2)6-4-12/h3-10H,1-2H3. The molecule has 116 valence electrons. The van der Waals surface area contributed by atoms with Crippen LogP contribution in [-0.2, 0) is 4.79 Å². The lowest BCUT2D eigenvalue weighted by Crippen LogP contribution is -2.03. The van der Waals surface area contributed by atoms with Gasteiger partial charge in [0, 0.05) is 24.6 Å². The molecule has 0 fully saturated rings. The molecule has 0 saturated heterocycles. The van der Waals surface area contributed by atoms with Gasteiger partial charge in [0.2, 0.25) is 0 Å². The summed E-state index contributed by atoms with van der Waals surface area (Å²) >= 11 is 0. The minimum absolute atomic E-state index is 0.161. The summed E-state index contributed by atoms with van der Waals surface area (Å²) in [6.07, 6.45) is 0. The number of methoxy groups -OCH3 is 1. The summed E-state index contributed by atoms with van der Waals surface area (Å²) < 4.78 is 15.9. The molecule has 3 aromatic rings. The van der Waals surface area contributed by atoms with Gasteiger partial charge in [-0.25, -0.2) is 0 Å². The topological polar surface area (TPSA) is 65.7 Å². The van der Waals surface area contributed by atoms with Gasteiger partial charge in [0.25, 0.3) is 0 Å². The average molecular weight is 310 g/mol. The highest BCUT2D eigenvalue weighted by atomic mass is 16.5. The minimum Gasteiger partial charge on any atom is -0.497 e. The van der Waals surface area contributed by atoms with Gasteiger partial charge in [-0.3, -0.25) is 9.59 Å². The van der Waals surface area contributed by atoms with Crippen LogP contribution in [0.15, 0.2) is 57.7 Å². The molecule has 5 nitrogen and oxygen atoms in total. The molecule has 0 N–H and O–H groups in total. The van der Waals surface area contributed by atoms with Crippen molar-refractivity contribution < 1.29 is 18.7 Å². The third kappa shape index (κ3) is 3.08. The van der Waals surface area contributed by atoms with E-state index in [4.69, 9.17) is 13.9 Å². The van der Waals surface area contributed by atoms with Gasteiger partial charge in [-0.05, 0) is 36.4 Å². The Kier molecular flexibility index (Phi) is 3.85. The molecule has 1 aromatic heterocycles. The van der Waals surface area contributed by atoms with Crippen LogP contribution >= 0.6 is 0 Å². The van der Waals surface area contributed by atoms with Crippen molar-refractivity contribution in [3.05, 3.63) is 58.8 Å². The molecule has 0 radical (unpaired) electrons.